The van der Waals surface area contributed by atoms with Crippen LogP contribution in [0.25, 0.3) is 0 Å². The highest BCUT2D eigenvalue weighted by Gasteiger charge is 2.17. The molecule has 0 amide bonds. The summed E-state index contributed by atoms with van der Waals surface area (Å²) in [6.07, 6.45) is 1.04. The molecule has 0 aliphatic carbocycles. The monoisotopic (exact) mass is 289 g/mol. The molecule has 0 aliphatic rings. The molecule has 5 nitrogen and oxygen atoms in total. The van der Waals surface area contributed by atoms with Gasteiger partial charge in [-0.25, -0.2) is 12.8 Å². The van der Waals surface area contributed by atoms with Crippen LogP contribution in [-0.2, 0) is 26.0 Å². The van der Waals surface area contributed by atoms with Crippen LogP contribution >= 0.6 is 0 Å². The number of carbonyl (C=O) groups is 1. The van der Waals surface area contributed by atoms with E-state index in [-0.39, 0.29) is 24.3 Å². The molecular formula is C12H16FNO4S. The molecule has 0 heterocycles. The Morgan fingerprint density at radius 2 is 2.05 bits per heavy atom. The second-order valence-corrected chi connectivity index (χ2v) is 6.48. The largest absolute Gasteiger partial charge is 0.460 e. The summed E-state index contributed by atoms with van der Waals surface area (Å²) in [6, 6.07) is 4.87. The molecule has 0 aliphatic heterocycles. The zero-order valence-corrected chi connectivity index (χ0v) is 11.3. The maximum atomic E-state index is 13.2. The molecule has 2 N–H and O–H groups in total. The van der Waals surface area contributed by atoms with Crippen molar-refractivity contribution in [1.29, 1.82) is 0 Å². The molecule has 0 fully saturated rings. The molecule has 0 spiro atoms. The Morgan fingerprint density at radius 1 is 1.42 bits per heavy atom. The van der Waals surface area contributed by atoms with Gasteiger partial charge in [-0.05, 0) is 12.5 Å². The third-order valence-corrected chi connectivity index (χ3v) is 3.41. The molecule has 1 aromatic carbocycles. The molecule has 0 bridgehead atoms. The van der Waals surface area contributed by atoms with Crippen LogP contribution < -0.4 is 5.73 Å². The van der Waals surface area contributed by atoms with Crippen molar-refractivity contribution in [2.24, 2.45) is 5.73 Å². The van der Waals surface area contributed by atoms with Gasteiger partial charge < -0.3 is 10.5 Å². The number of carbonyl (C=O) groups excluding carboxylic acids is 1. The first-order valence-corrected chi connectivity index (χ1v) is 7.69. The highest BCUT2D eigenvalue weighted by atomic mass is 32.2. The molecule has 1 unspecified atom stereocenters. The Labute approximate surface area is 111 Å². The smallest absolute Gasteiger partial charge is 0.323 e. The number of hydrogen-bond donors (Lipinski definition) is 1. The maximum absolute atomic E-state index is 13.2. The fourth-order valence-electron chi connectivity index (χ4n) is 1.33. The fourth-order valence-corrected chi connectivity index (χ4v) is 2.01. The summed E-state index contributed by atoms with van der Waals surface area (Å²) in [4.78, 5) is 11.5. The minimum absolute atomic E-state index is 0.0189. The van der Waals surface area contributed by atoms with Gasteiger partial charge in [-0.2, -0.15) is 0 Å². The van der Waals surface area contributed by atoms with E-state index in [0.717, 1.165) is 6.26 Å². The van der Waals surface area contributed by atoms with Gasteiger partial charge in [-0.1, -0.05) is 18.2 Å². The van der Waals surface area contributed by atoms with Crippen LogP contribution in [-0.4, -0.2) is 32.4 Å². The SMILES string of the molecule is CS(=O)(=O)CCC(N)C(=O)OCc1ccccc1F. The van der Waals surface area contributed by atoms with Crippen molar-refractivity contribution in [2.45, 2.75) is 19.1 Å². The van der Waals surface area contributed by atoms with E-state index in [1.165, 1.54) is 18.2 Å². The molecule has 0 radical (unpaired) electrons. The Hall–Kier alpha value is -1.47. The van der Waals surface area contributed by atoms with Crippen LogP contribution in [0.4, 0.5) is 4.39 Å². The lowest BCUT2D eigenvalue weighted by Gasteiger charge is -2.11. The number of sulfone groups is 1. The minimum Gasteiger partial charge on any atom is -0.460 e. The summed E-state index contributed by atoms with van der Waals surface area (Å²) >= 11 is 0. The lowest BCUT2D eigenvalue weighted by Crippen LogP contribution is -2.34. The van der Waals surface area contributed by atoms with Crippen molar-refractivity contribution in [2.75, 3.05) is 12.0 Å². The van der Waals surface area contributed by atoms with Gasteiger partial charge in [0, 0.05) is 11.8 Å². The Bertz CT molecular complexity index is 544. The molecule has 0 saturated carbocycles. The topological polar surface area (TPSA) is 86.5 Å². The van der Waals surface area contributed by atoms with Crippen LogP contribution in [0.15, 0.2) is 24.3 Å². The van der Waals surface area contributed by atoms with Crippen molar-refractivity contribution in [3.8, 4) is 0 Å². The zero-order chi connectivity index (χ0) is 14.5. The molecule has 0 aromatic heterocycles. The Morgan fingerprint density at radius 3 is 2.63 bits per heavy atom. The summed E-state index contributed by atoms with van der Waals surface area (Å²) in [5, 5.41) is 0. The van der Waals surface area contributed by atoms with E-state index in [1.54, 1.807) is 6.07 Å². The lowest BCUT2D eigenvalue weighted by molar-refractivity contribution is -0.146. The average Bonchev–Trinajstić information content (AvgIpc) is 2.33. The number of nitrogens with two attached hydrogens (primary N) is 1. The zero-order valence-electron chi connectivity index (χ0n) is 10.5. The van der Waals surface area contributed by atoms with Crippen LogP contribution in [0.1, 0.15) is 12.0 Å². The molecule has 106 valence electrons. The first-order valence-electron chi connectivity index (χ1n) is 5.63. The quantitative estimate of drug-likeness (QED) is 0.776. The summed E-state index contributed by atoms with van der Waals surface area (Å²) in [5.74, 6) is -1.41. The Kier molecular flexibility index (Phi) is 5.44. The van der Waals surface area contributed by atoms with Crippen molar-refractivity contribution >= 4 is 15.8 Å². The van der Waals surface area contributed by atoms with Crippen LogP contribution in [0.2, 0.25) is 0 Å². The normalized spacial score (nSPS) is 13.0. The predicted octanol–water partition coefficient (Wildman–Crippen LogP) is 0.631. The lowest BCUT2D eigenvalue weighted by atomic mass is 10.2. The summed E-state index contributed by atoms with van der Waals surface area (Å²) in [6.45, 7) is -0.224. The van der Waals surface area contributed by atoms with Gasteiger partial charge in [0.2, 0.25) is 0 Å². The second kappa shape index (κ2) is 6.63. The van der Waals surface area contributed by atoms with Crippen LogP contribution in [0.5, 0.6) is 0 Å². The van der Waals surface area contributed by atoms with E-state index >= 15 is 0 Å². The third-order valence-electron chi connectivity index (χ3n) is 2.43. The number of ether oxygens (including phenoxy) is 1. The van der Waals surface area contributed by atoms with Gasteiger partial charge in [-0.15, -0.1) is 0 Å². The van der Waals surface area contributed by atoms with Gasteiger partial charge in [0.25, 0.3) is 0 Å². The molecule has 1 rings (SSSR count). The third kappa shape index (κ3) is 5.80. The van der Waals surface area contributed by atoms with E-state index in [9.17, 15) is 17.6 Å². The molecular weight excluding hydrogens is 273 g/mol. The van der Waals surface area contributed by atoms with Gasteiger partial charge >= 0.3 is 5.97 Å². The number of rotatable bonds is 6. The number of benzene rings is 1. The first-order chi connectivity index (χ1) is 8.79. The summed E-state index contributed by atoms with van der Waals surface area (Å²) in [5.41, 5.74) is 5.74. The first kappa shape index (κ1) is 15.6. The summed E-state index contributed by atoms with van der Waals surface area (Å²) in [7, 11) is -3.17. The van der Waals surface area contributed by atoms with Crippen molar-refractivity contribution in [3.05, 3.63) is 35.6 Å². The van der Waals surface area contributed by atoms with Crippen molar-refractivity contribution in [3.63, 3.8) is 0 Å². The minimum atomic E-state index is -3.17. The average molecular weight is 289 g/mol. The van der Waals surface area contributed by atoms with E-state index < -0.39 is 27.7 Å². The predicted molar refractivity (Wildman–Crippen MR) is 68.5 cm³/mol. The van der Waals surface area contributed by atoms with Gasteiger partial charge in [-0.3, -0.25) is 4.79 Å². The van der Waals surface area contributed by atoms with E-state index in [4.69, 9.17) is 10.5 Å². The van der Waals surface area contributed by atoms with E-state index in [0.29, 0.717) is 0 Å². The van der Waals surface area contributed by atoms with Crippen molar-refractivity contribution < 1.29 is 22.3 Å². The standard InChI is InChI=1S/C12H16FNO4S/c1-19(16,17)7-6-11(14)12(15)18-8-9-4-2-3-5-10(9)13/h2-5,11H,6-8,14H2,1H3. The molecule has 1 atom stereocenters. The Balaban J connectivity index is 2.45. The fraction of sp³-hybridized carbons (Fsp3) is 0.417. The molecule has 7 heteroatoms. The maximum Gasteiger partial charge on any atom is 0.323 e. The summed E-state index contributed by atoms with van der Waals surface area (Å²) < 4.78 is 39.9. The van der Waals surface area contributed by atoms with Crippen LogP contribution in [0, 0.1) is 5.82 Å². The highest BCUT2D eigenvalue weighted by molar-refractivity contribution is 7.90. The second-order valence-electron chi connectivity index (χ2n) is 4.22. The highest BCUT2D eigenvalue weighted by Crippen LogP contribution is 2.08. The van der Waals surface area contributed by atoms with Crippen molar-refractivity contribution in [1.82, 2.24) is 0 Å². The number of hydrogen-bond acceptors (Lipinski definition) is 5. The van der Waals surface area contributed by atoms with E-state index in [1.807, 2.05) is 0 Å². The molecule has 1 aromatic rings. The molecule has 19 heavy (non-hydrogen) atoms. The number of esters is 1. The van der Waals surface area contributed by atoms with Gasteiger partial charge in [0.1, 0.15) is 28.3 Å². The number of halogens is 1. The van der Waals surface area contributed by atoms with Gasteiger partial charge in [0.05, 0.1) is 5.75 Å². The van der Waals surface area contributed by atoms with Crippen LogP contribution in [0.3, 0.4) is 0 Å². The van der Waals surface area contributed by atoms with Gasteiger partial charge in [0.15, 0.2) is 0 Å². The molecule has 0 saturated heterocycles. The van der Waals surface area contributed by atoms with E-state index in [2.05, 4.69) is 0 Å².